The zero-order chi connectivity index (χ0) is 43.7. The standard InChI is InChI=1S/C47H61N7O7/c1-9-30-15-16-48-24-37(30)42-36-23-47(5,6)27-60-45(58)38-12-11-17-54(50-38)44(57)39(49-43(56)41(28(3)4)52(8)46(59)61-34-25-51(7)26-34)20-29-18-32(21-33(55)19-29)31-13-14-40(35(36)22-31)53(42)10-2/h13-16,18-19,21-22,24,28,34,38-39,41,50,55H,9-12,17,20,23,25-27H2,1-8H3,(H,49,56)/t38-,39-,41-/m0/s1. The zero-order valence-electron chi connectivity index (χ0n) is 36.8. The highest BCUT2D eigenvalue weighted by Gasteiger charge is 2.39. The van der Waals surface area contributed by atoms with E-state index in [-0.39, 0.29) is 30.8 Å². The van der Waals surface area contributed by atoms with Gasteiger partial charge in [-0.2, -0.15) is 0 Å². The zero-order valence-corrected chi connectivity index (χ0v) is 36.8. The molecular formula is C47H61N7O7. The van der Waals surface area contributed by atoms with Crippen LogP contribution in [0.4, 0.5) is 4.79 Å². The Hall–Kier alpha value is -5.47. The molecule has 0 spiro atoms. The number of rotatable bonds is 8. The second-order valence-electron chi connectivity index (χ2n) is 18.1. The first-order valence-corrected chi connectivity index (χ1v) is 21.7. The monoisotopic (exact) mass is 835 g/mol. The summed E-state index contributed by atoms with van der Waals surface area (Å²) >= 11 is 0. The summed E-state index contributed by atoms with van der Waals surface area (Å²) in [6.45, 7) is 14.5. The molecule has 14 heteroatoms. The number of hydrazine groups is 1. The van der Waals surface area contributed by atoms with Crippen molar-refractivity contribution in [2.45, 2.75) is 104 Å². The summed E-state index contributed by atoms with van der Waals surface area (Å²) in [5.74, 6) is -1.75. The lowest BCUT2D eigenvalue weighted by Gasteiger charge is -2.38. The Morgan fingerprint density at radius 1 is 1.10 bits per heavy atom. The number of nitrogens with zero attached hydrogens (tertiary/aromatic N) is 5. The van der Waals surface area contributed by atoms with E-state index in [1.54, 1.807) is 12.1 Å². The molecule has 2 aromatic heterocycles. The molecular weight excluding hydrogens is 775 g/mol. The minimum atomic E-state index is -1.13. The van der Waals surface area contributed by atoms with Crippen LogP contribution in [0.25, 0.3) is 33.3 Å². The maximum atomic E-state index is 14.6. The highest BCUT2D eigenvalue weighted by atomic mass is 16.6. The van der Waals surface area contributed by atoms with Crippen LogP contribution >= 0.6 is 0 Å². The molecule has 326 valence electrons. The molecule has 0 radical (unpaired) electrons. The van der Waals surface area contributed by atoms with Crippen molar-refractivity contribution in [1.29, 1.82) is 0 Å². The Bertz CT molecular complexity index is 2300. The van der Waals surface area contributed by atoms with E-state index >= 15 is 0 Å². The molecule has 5 heterocycles. The van der Waals surface area contributed by atoms with Crippen molar-refractivity contribution in [3.63, 3.8) is 0 Å². The SMILES string of the molecule is CCc1ccncc1-c1c2c3cc(ccc3n1CC)-c1cc(O)cc(c1)C[C@H](NC(=O)[C@H](C(C)C)N(C)C(=O)OC1CN(C)C1)C(=O)N1CCC[C@H](N1)C(=O)OCC(C)(C)C2. The Labute approximate surface area is 358 Å². The van der Waals surface area contributed by atoms with Crippen LogP contribution in [0.2, 0.25) is 0 Å². The summed E-state index contributed by atoms with van der Waals surface area (Å²) in [6.07, 6.45) is 5.33. The minimum Gasteiger partial charge on any atom is -0.508 e. The van der Waals surface area contributed by atoms with Crippen molar-refractivity contribution in [3.8, 4) is 28.1 Å². The van der Waals surface area contributed by atoms with Gasteiger partial charge in [-0.15, -0.1) is 0 Å². The molecule has 4 aromatic rings. The third-order valence-electron chi connectivity index (χ3n) is 12.3. The molecule has 0 saturated carbocycles. The van der Waals surface area contributed by atoms with E-state index in [0.717, 1.165) is 45.3 Å². The van der Waals surface area contributed by atoms with E-state index < -0.39 is 47.4 Å². The quantitative estimate of drug-likeness (QED) is 0.188. The first kappa shape index (κ1) is 43.6. The fourth-order valence-corrected chi connectivity index (χ4v) is 9.20. The predicted molar refractivity (Wildman–Crippen MR) is 233 cm³/mol. The van der Waals surface area contributed by atoms with E-state index in [1.165, 1.54) is 22.5 Å². The lowest BCUT2D eigenvalue weighted by atomic mass is 9.84. The average Bonchev–Trinajstić information content (AvgIpc) is 3.52. The molecule has 3 aliphatic rings. The van der Waals surface area contributed by atoms with Crippen molar-refractivity contribution >= 4 is 34.8 Å². The number of esters is 1. The molecule has 3 N–H and O–H groups in total. The lowest BCUT2D eigenvalue weighted by molar-refractivity contribution is -0.155. The predicted octanol–water partition coefficient (Wildman–Crippen LogP) is 5.71. The first-order valence-electron chi connectivity index (χ1n) is 21.7. The van der Waals surface area contributed by atoms with Gasteiger partial charge in [-0.05, 0) is 104 Å². The smallest absolute Gasteiger partial charge is 0.410 e. The molecule has 7 rings (SSSR count). The number of benzene rings is 2. The van der Waals surface area contributed by atoms with Crippen molar-refractivity contribution in [2.75, 3.05) is 40.3 Å². The van der Waals surface area contributed by atoms with Gasteiger partial charge >= 0.3 is 12.1 Å². The van der Waals surface area contributed by atoms with Gasteiger partial charge in [0.2, 0.25) is 5.91 Å². The van der Waals surface area contributed by atoms with Crippen LogP contribution in [0.5, 0.6) is 5.75 Å². The van der Waals surface area contributed by atoms with E-state index in [9.17, 15) is 24.3 Å². The molecule has 61 heavy (non-hydrogen) atoms. The molecule has 2 aromatic carbocycles. The number of hydrogen-bond donors (Lipinski definition) is 3. The van der Waals surface area contributed by atoms with Crippen LogP contribution in [0.3, 0.4) is 0 Å². The molecule has 6 bridgehead atoms. The fraction of sp³-hybridized carbons (Fsp3) is 0.511. The van der Waals surface area contributed by atoms with Gasteiger partial charge in [0.05, 0.1) is 12.3 Å². The third kappa shape index (κ3) is 9.25. The molecule has 3 amide bonds. The number of ether oxygens (including phenoxy) is 2. The van der Waals surface area contributed by atoms with Gasteiger partial charge in [0.15, 0.2) is 0 Å². The number of aromatic hydroxyl groups is 1. The molecule has 2 fully saturated rings. The second-order valence-corrected chi connectivity index (χ2v) is 18.1. The lowest BCUT2D eigenvalue weighted by Crippen LogP contribution is -2.62. The van der Waals surface area contributed by atoms with Gasteiger partial charge in [-0.25, -0.2) is 10.2 Å². The number of aromatic nitrogens is 2. The maximum Gasteiger partial charge on any atom is 0.410 e. The number of aryl methyl sites for hydroxylation is 2. The number of phenols is 1. The summed E-state index contributed by atoms with van der Waals surface area (Å²) < 4.78 is 14.1. The minimum absolute atomic E-state index is 0.0127. The molecule has 0 unspecified atom stereocenters. The molecule has 2 saturated heterocycles. The van der Waals surface area contributed by atoms with E-state index in [2.05, 4.69) is 66.2 Å². The first-order chi connectivity index (χ1) is 29.1. The van der Waals surface area contributed by atoms with Crippen molar-refractivity contribution in [3.05, 3.63) is 71.5 Å². The highest BCUT2D eigenvalue weighted by molar-refractivity contribution is 5.96. The maximum absolute atomic E-state index is 14.6. The third-order valence-corrected chi connectivity index (χ3v) is 12.3. The Morgan fingerprint density at radius 2 is 1.87 bits per heavy atom. The number of amides is 3. The Morgan fingerprint density at radius 3 is 2.57 bits per heavy atom. The Balaban J connectivity index is 1.31. The van der Waals surface area contributed by atoms with E-state index in [4.69, 9.17) is 9.47 Å². The number of pyridine rings is 1. The highest BCUT2D eigenvalue weighted by Crippen LogP contribution is 2.41. The largest absolute Gasteiger partial charge is 0.508 e. The number of carbonyl (C=O) groups excluding carboxylic acids is 4. The van der Waals surface area contributed by atoms with Crippen LogP contribution in [0.1, 0.15) is 71.1 Å². The molecule has 3 aliphatic heterocycles. The summed E-state index contributed by atoms with van der Waals surface area (Å²) in [4.78, 5) is 63.8. The molecule has 0 aliphatic carbocycles. The second kappa shape index (κ2) is 17.9. The fourth-order valence-electron chi connectivity index (χ4n) is 9.20. The van der Waals surface area contributed by atoms with Crippen LogP contribution in [-0.4, -0.2) is 118 Å². The van der Waals surface area contributed by atoms with E-state index in [0.29, 0.717) is 51.0 Å². The van der Waals surface area contributed by atoms with Crippen molar-refractivity contribution in [2.24, 2.45) is 11.3 Å². The molecule has 14 nitrogen and oxygen atoms in total. The number of likely N-dealkylation sites (N-methyl/N-ethyl adjacent to an activating group) is 2. The number of phenolic OH excluding ortho intramolecular Hbond substituents is 1. The van der Waals surface area contributed by atoms with E-state index in [1.807, 2.05) is 50.3 Å². The molecule has 3 atom stereocenters. The van der Waals surface area contributed by atoms with Crippen LogP contribution in [0, 0.1) is 11.3 Å². The summed E-state index contributed by atoms with van der Waals surface area (Å²) in [6, 6.07) is 10.8. The summed E-state index contributed by atoms with van der Waals surface area (Å²) in [5, 5.41) is 16.7. The summed E-state index contributed by atoms with van der Waals surface area (Å²) in [7, 11) is 3.47. The number of carbonyl (C=O) groups is 4. The van der Waals surface area contributed by atoms with Gasteiger partial charge < -0.3 is 24.5 Å². The van der Waals surface area contributed by atoms with Gasteiger partial charge in [0, 0.05) is 73.9 Å². The van der Waals surface area contributed by atoms with Gasteiger partial charge in [0.25, 0.3) is 5.91 Å². The average molecular weight is 836 g/mol. The normalized spacial score (nSPS) is 20.4. The number of nitrogens with one attached hydrogen (secondary N) is 2. The number of hydrogen-bond acceptors (Lipinski definition) is 10. The Kier molecular flexibility index (Phi) is 12.8. The topological polar surface area (TPSA) is 159 Å². The van der Waals surface area contributed by atoms with Gasteiger partial charge in [-0.3, -0.25) is 34.2 Å². The number of fused-ring (bicyclic) bond motifs is 6. The summed E-state index contributed by atoms with van der Waals surface area (Å²) in [5.41, 5.74) is 10.4. The van der Waals surface area contributed by atoms with Gasteiger partial charge in [0.1, 0.15) is 30.0 Å². The van der Waals surface area contributed by atoms with Crippen molar-refractivity contribution < 1.29 is 33.8 Å². The van der Waals surface area contributed by atoms with Gasteiger partial charge in [-0.1, -0.05) is 46.8 Å². The number of likely N-dealkylation sites (tertiary alicyclic amines) is 1. The van der Waals surface area contributed by atoms with Crippen LogP contribution in [0.15, 0.2) is 54.9 Å². The van der Waals surface area contributed by atoms with Crippen molar-refractivity contribution in [1.82, 2.24) is 35.1 Å². The van der Waals surface area contributed by atoms with Crippen LogP contribution < -0.4 is 10.7 Å². The van der Waals surface area contributed by atoms with Crippen LogP contribution in [-0.2, 0) is 49.7 Å². The number of cyclic esters (lactones) is 1.